The summed E-state index contributed by atoms with van der Waals surface area (Å²) in [5.74, 6) is 0.208. The first-order chi connectivity index (χ1) is 6.06. The maximum absolute atomic E-state index is 11.4. The predicted molar refractivity (Wildman–Crippen MR) is 57.7 cm³/mol. The van der Waals surface area contributed by atoms with Crippen LogP contribution in [-0.4, -0.2) is 5.78 Å². The van der Waals surface area contributed by atoms with Crippen LogP contribution in [0.3, 0.4) is 0 Å². The van der Waals surface area contributed by atoms with Crippen LogP contribution in [0.25, 0.3) is 0 Å². The lowest BCUT2D eigenvalue weighted by molar-refractivity contribution is -0.123. The summed E-state index contributed by atoms with van der Waals surface area (Å²) in [4.78, 5) is 11.4. The maximum Gasteiger partial charge on any atom is 0.139 e. The summed E-state index contributed by atoms with van der Waals surface area (Å²) in [6, 6.07) is 0. The number of carbonyl (C=O) groups is 1. The van der Waals surface area contributed by atoms with E-state index < -0.39 is 0 Å². The molecule has 0 aromatic heterocycles. The third-order valence-electron chi connectivity index (χ3n) is 2.31. The van der Waals surface area contributed by atoms with Crippen molar-refractivity contribution in [2.24, 2.45) is 5.41 Å². The van der Waals surface area contributed by atoms with E-state index in [2.05, 4.69) is 19.6 Å². The van der Waals surface area contributed by atoms with Gasteiger partial charge in [-0.05, 0) is 26.7 Å². The molecule has 0 radical (unpaired) electrons. The van der Waals surface area contributed by atoms with Crippen molar-refractivity contribution < 1.29 is 4.79 Å². The minimum absolute atomic E-state index is 0.208. The van der Waals surface area contributed by atoms with Gasteiger partial charge in [-0.2, -0.15) is 0 Å². The summed E-state index contributed by atoms with van der Waals surface area (Å²) in [6.45, 7) is 9.40. The fourth-order valence-electron chi connectivity index (χ4n) is 1.14. The lowest BCUT2D eigenvalue weighted by Gasteiger charge is -2.20. The van der Waals surface area contributed by atoms with Gasteiger partial charge in [0.05, 0.1) is 0 Å². The molecule has 0 saturated heterocycles. The topological polar surface area (TPSA) is 17.1 Å². The van der Waals surface area contributed by atoms with Gasteiger partial charge in [0.1, 0.15) is 5.78 Å². The second-order valence-electron chi connectivity index (χ2n) is 3.66. The van der Waals surface area contributed by atoms with Crippen LogP contribution in [0.4, 0.5) is 0 Å². The Balaban J connectivity index is 4.40. The van der Waals surface area contributed by atoms with Crippen molar-refractivity contribution in [3.63, 3.8) is 0 Å². The summed E-state index contributed by atoms with van der Waals surface area (Å²) in [5, 5.41) is 0. The molecule has 0 aromatic carbocycles. The number of carbonyl (C=O) groups excluding carboxylic acids is 1. The molecule has 0 rings (SSSR count). The molecule has 0 N–H and O–H groups in total. The van der Waals surface area contributed by atoms with Crippen LogP contribution in [0.15, 0.2) is 24.8 Å². The van der Waals surface area contributed by atoms with Crippen molar-refractivity contribution in [2.45, 2.75) is 40.0 Å². The molecule has 74 valence electrons. The van der Waals surface area contributed by atoms with Crippen LogP contribution < -0.4 is 0 Å². The minimum Gasteiger partial charge on any atom is -0.299 e. The molecule has 0 bridgehead atoms. The summed E-state index contributed by atoms with van der Waals surface area (Å²) >= 11 is 0. The zero-order chi connectivity index (χ0) is 10.3. The summed E-state index contributed by atoms with van der Waals surface area (Å²) < 4.78 is 0. The van der Waals surface area contributed by atoms with Crippen LogP contribution in [-0.2, 0) is 4.79 Å². The average molecular weight is 180 g/mol. The van der Waals surface area contributed by atoms with Gasteiger partial charge in [-0.15, -0.1) is 6.58 Å². The van der Waals surface area contributed by atoms with Gasteiger partial charge in [-0.1, -0.05) is 31.6 Å². The third-order valence-corrected chi connectivity index (χ3v) is 2.31. The van der Waals surface area contributed by atoms with Crippen molar-refractivity contribution >= 4 is 5.78 Å². The smallest absolute Gasteiger partial charge is 0.139 e. The van der Waals surface area contributed by atoms with Gasteiger partial charge in [0.25, 0.3) is 0 Å². The minimum atomic E-state index is -0.336. The summed E-state index contributed by atoms with van der Waals surface area (Å²) in [6.07, 6.45) is 8.80. The Morgan fingerprint density at radius 2 is 2.15 bits per heavy atom. The van der Waals surface area contributed by atoms with Crippen LogP contribution >= 0.6 is 0 Å². The van der Waals surface area contributed by atoms with Crippen LogP contribution in [0.5, 0.6) is 0 Å². The Labute approximate surface area is 81.5 Å². The van der Waals surface area contributed by atoms with E-state index in [1.54, 1.807) is 13.0 Å². The summed E-state index contributed by atoms with van der Waals surface area (Å²) in [5.41, 5.74) is -0.336. The van der Waals surface area contributed by atoms with Gasteiger partial charge in [0.2, 0.25) is 0 Å². The largest absolute Gasteiger partial charge is 0.299 e. The van der Waals surface area contributed by atoms with E-state index in [-0.39, 0.29) is 11.2 Å². The predicted octanol–water partition coefficient (Wildman–Crippen LogP) is 3.51. The zero-order valence-corrected chi connectivity index (χ0v) is 8.97. The first kappa shape index (κ1) is 12.2. The van der Waals surface area contributed by atoms with Crippen molar-refractivity contribution in [1.82, 2.24) is 0 Å². The highest BCUT2D eigenvalue weighted by atomic mass is 16.1. The van der Waals surface area contributed by atoms with Gasteiger partial charge in [0, 0.05) is 5.41 Å². The molecule has 0 heterocycles. The molecule has 1 atom stereocenters. The molecule has 0 amide bonds. The first-order valence-corrected chi connectivity index (χ1v) is 4.86. The molecule has 0 aromatic rings. The molecule has 0 aliphatic heterocycles. The molecule has 0 spiro atoms. The van der Waals surface area contributed by atoms with Crippen molar-refractivity contribution in [3.05, 3.63) is 24.8 Å². The lowest BCUT2D eigenvalue weighted by atomic mass is 9.82. The van der Waals surface area contributed by atoms with E-state index in [1.165, 1.54) is 0 Å². The Kier molecular flexibility index (Phi) is 5.36. The zero-order valence-electron chi connectivity index (χ0n) is 8.97. The van der Waals surface area contributed by atoms with E-state index in [0.717, 1.165) is 19.3 Å². The molecular formula is C12H20O. The number of hydrogen-bond donors (Lipinski definition) is 0. The highest BCUT2D eigenvalue weighted by Gasteiger charge is 2.24. The van der Waals surface area contributed by atoms with Gasteiger partial charge < -0.3 is 0 Å². The number of Topliss-reactive ketones (excluding diaryl/α,β-unsaturated/α-hetero) is 1. The van der Waals surface area contributed by atoms with E-state index in [9.17, 15) is 4.79 Å². The second-order valence-corrected chi connectivity index (χ2v) is 3.66. The molecule has 13 heavy (non-hydrogen) atoms. The van der Waals surface area contributed by atoms with E-state index >= 15 is 0 Å². The lowest BCUT2D eigenvalue weighted by Crippen LogP contribution is -2.21. The molecule has 0 aliphatic rings. The fraction of sp³-hybridized carbons (Fsp3) is 0.583. The normalized spacial score (nSPS) is 15.6. The standard InChI is InChI=1S/C12H20O/c1-5-7-8-10-12(4,9-6-2)11(3)13/h6,8,10H,2,5,7,9H2,1,3-4H3/b10-8+. The molecular weight excluding hydrogens is 160 g/mol. The Bertz CT molecular complexity index is 203. The molecule has 0 fully saturated rings. The van der Waals surface area contributed by atoms with E-state index in [4.69, 9.17) is 0 Å². The molecule has 0 saturated carbocycles. The van der Waals surface area contributed by atoms with Crippen LogP contribution in [0.1, 0.15) is 40.0 Å². The monoisotopic (exact) mass is 180 g/mol. The molecule has 1 nitrogen and oxygen atoms in total. The molecule has 1 heteroatoms. The van der Waals surface area contributed by atoms with Gasteiger partial charge in [-0.3, -0.25) is 4.79 Å². The second kappa shape index (κ2) is 5.74. The number of unbranched alkanes of at least 4 members (excludes halogenated alkanes) is 1. The van der Waals surface area contributed by atoms with E-state index in [1.807, 2.05) is 13.0 Å². The summed E-state index contributed by atoms with van der Waals surface area (Å²) in [7, 11) is 0. The van der Waals surface area contributed by atoms with Crippen molar-refractivity contribution in [3.8, 4) is 0 Å². The average Bonchev–Trinajstić information content (AvgIpc) is 2.05. The SMILES string of the molecule is C=CCC(C)(/C=C/CCC)C(C)=O. The van der Waals surface area contributed by atoms with E-state index in [0.29, 0.717) is 0 Å². The molecule has 0 aliphatic carbocycles. The fourth-order valence-corrected chi connectivity index (χ4v) is 1.14. The highest BCUT2D eigenvalue weighted by molar-refractivity contribution is 5.84. The van der Waals surface area contributed by atoms with Gasteiger partial charge in [0.15, 0.2) is 0 Å². The first-order valence-electron chi connectivity index (χ1n) is 4.86. The number of rotatable bonds is 6. The molecule has 1 unspecified atom stereocenters. The highest BCUT2D eigenvalue weighted by Crippen LogP contribution is 2.25. The Hall–Kier alpha value is -0.850. The van der Waals surface area contributed by atoms with Crippen LogP contribution in [0, 0.1) is 5.41 Å². The maximum atomic E-state index is 11.4. The number of hydrogen-bond acceptors (Lipinski definition) is 1. The third kappa shape index (κ3) is 4.07. The van der Waals surface area contributed by atoms with Gasteiger partial charge >= 0.3 is 0 Å². The number of allylic oxidation sites excluding steroid dienone is 3. The number of ketones is 1. The van der Waals surface area contributed by atoms with Crippen molar-refractivity contribution in [2.75, 3.05) is 0 Å². The van der Waals surface area contributed by atoms with Gasteiger partial charge in [-0.25, -0.2) is 0 Å². The Morgan fingerprint density at radius 1 is 1.54 bits per heavy atom. The Morgan fingerprint density at radius 3 is 2.54 bits per heavy atom. The van der Waals surface area contributed by atoms with Crippen LogP contribution in [0.2, 0.25) is 0 Å². The quantitative estimate of drug-likeness (QED) is 0.572. The van der Waals surface area contributed by atoms with Crippen molar-refractivity contribution in [1.29, 1.82) is 0 Å².